The van der Waals surface area contributed by atoms with Gasteiger partial charge in [-0.2, -0.15) is 9.78 Å². The lowest BCUT2D eigenvalue weighted by atomic mass is 9.94. The number of halogens is 1. The van der Waals surface area contributed by atoms with E-state index in [-0.39, 0.29) is 18.4 Å². The van der Waals surface area contributed by atoms with Crippen LogP contribution in [-0.4, -0.2) is 40.6 Å². The predicted molar refractivity (Wildman–Crippen MR) is 103 cm³/mol. The molecule has 6 nitrogen and oxygen atoms in total. The lowest BCUT2D eigenvalue weighted by Crippen LogP contribution is -2.34. The second-order valence-electron chi connectivity index (χ2n) is 7.16. The first kappa shape index (κ1) is 19.4. The summed E-state index contributed by atoms with van der Waals surface area (Å²) in [7, 11) is 0. The third-order valence-corrected chi connectivity index (χ3v) is 5.84. The maximum atomic E-state index is 12.9. The van der Waals surface area contributed by atoms with Gasteiger partial charge in [0, 0.05) is 30.1 Å². The summed E-state index contributed by atoms with van der Waals surface area (Å²) >= 11 is 7.49. The van der Waals surface area contributed by atoms with Crippen molar-refractivity contribution in [2.45, 2.75) is 39.2 Å². The fourth-order valence-electron chi connectivity index (χ4n) is 2.85. The van der Waals surface area contributed by atoms with E-state index in [2.05, 4.69) is 10.4 Å². The molecule has 3 heterocycles. The average Bonchev–Trinajstić information content (AvgIpc) is 3.26. The topological polar surface area (TPSA) is 76.4 Å². The minimum absolute atomic E-state index is 0.231. The van der Waals surface area contributed by atoms with Gasteiger partial charge in [0.1, 0.15) is 5.82 Å². The molecule has 2 N–H and O–H groups in total. The molecule has 1 aliphatic heterocycles. The number of aliphatic hydroxyl groups excluding tert-OH is 1. The molecule has 0 amide bonds. The zero-order chi connectivity index (χ0) is 18.7. The van der Waals surface area contributed by atoms with Crippen molar-refractivity contribution >= 4 is 34.7 Å². The van der Waals surface area contributed by atoms with Crippen LogP contribution in [0.4, 0.5) is 5.82 Å². The molecule has 26 heavy (non-hydrogen) atoms. The van der Waals surface area contributed by atoms with Crippen LogP contribution in [0.25, 0.3) is 0 Å². The molecule has 142 valence electrons. The Morgan fingerprint density at radius 1 is 1.46 bits per heavy atom. The Labute approximate surface area is 162 Å². The monoisotopic (exact) mass is 397 g/mol. The van der Waals surface area contributed by atoms with Gasteiger partial charge in [0.25, 0.3) is 5.91 Å². The van der Waals surface area contributed by atoms with Gasteiger partial charge in [-0.15, -0.1) is 11.3 Å². The number of hydrogen-bond donors (Lipinski definition) is 2. The highest BCUT2D eigenvalue weighted by molar-refractivity contribution is 7.16. The largest absolute Gasteiger partial charge is 0.395 e. The van der Waals surface area contributed by atoms with Gasteiger partial charge in [-0.3, -0.25) is 4.79 Å². The van der Waals surface area contributed by atoms with Gasteiger partial charge in [0.05, 0.1) is 28.6 Å². The molecule has 0 saturated carbocycles. The van der Waals surface area contributed by atoms with Crippen LogP contribution < -0.4 is 5.32 Å². The average molecular weight is 398 g/mol. The summed E-state index contributed by atoms with van der Waals surface area (Å²) < 4.78 is 7.55. The van der Waals surface area contributed by atoms with Gasteiger partial charge < -0.3 is 15.2 Å². The summed E-state index contributed by atoms with van der Waals surface area (Å²) in [6.45, 7) is 5.18. The highest BCUT2D eigenvalue weighted by Crippen LogP contribution is 2.30. The van der Waals surface area contributed by atoms with Crippen molar-refractivity contribution in [2.75, 3.05) is 25.1 Å². The van der Waals surface area contributed by atoms with E-state index < -0.39 is 5.41 Å². The number of hydrogen-bond acceptors (Lipinski definition) is 6. The summed E-state index contributed by atoms with van der Waals surface area (Å²) in [6, 6.07) is 5.75. The van der Waals surface area contributed by atoms with Gasteiger partial charge in [-0.25, -0.2) is 0 Å². The molecule has 0 unspecified atom stereocenters. The molecule has 0 atom stereocenters. The van der Waals surface area contributed by atoms with Crippen molar-refractivity contribution in [3.8, 4) is 0 Å². The lowest BCUT2D eigenvalue weighted by molar-refractivity contribution is 0.0613. The van der Waals surface area contributed by atoms with E-state index in [1.165, 1.54) is 16.0 Å². The highest BCUT2D eigenvalue weighted by Gasteiger charge is 2.32. The molecule has 2 aromatic rings. The molecule has 0 aliphatic carbocycles. The second kappa shape index (κ2) is 8.08. The predicted octanol–water partition coefficient (Wildman–Crippen LogP) is 3.76. The summed E-state index contributed by atoms with van der Waals surface area (Å²) in [5.74, 6) is 0.694. The van der Waals surface area contributed by atoms with E-state index in [1.807, 2.05) is 18.2 Å². The number of aliphatic hydroxyl groups is 1. The molecule has 0 aromatic carbocycles. The Kier molecular flexibility index (Phi) is 6.02. The SMILES string of the molecule is CC(C)(CO)C(=O)n1nc(C2CCOCC2)cc1NCc1ccc(Cl)s1. The van der Waals surface area contributed by atoms with Crippen LogP contribution in [0.15, 0.2) is 18.2 Å². The van der Waals surface area contributed by atoms with Crippen molar-refractivity contribution in [3.05, 3.63) is 33.1 Å². The smallest absolute Gasteiger partial charge is 0.256 e. The van der Waals surface area contributed by atoms with E-state index in [9.17, 15) is 9.90 Å². The number of nitrogens with one attached hydrogen (secondary N) is 1. The Hall–Kier alpha value is -1.41. The molecule has 2 aromatic heterocycles. The number of carbonyl (C=O) groups is 1. The van der Waals surface area contributed by atoms with Gasteiger partial charge in [0.2, 0.25) is 0 Å². The number of anilines is 1. The quantitative estimate of drug-likeness (QED) is 0.776. The lowest BCUT2D eigenvalue weighted by Gasteiger charge is -2.21. The fraction of sp³-hybridized carbons (Fsp3) is 0.556. The van der Waals surface area contributed by atoms with Gasteiger partial charge in [-0.1, -0.05) is 11.6 Å². The van der Waals surface area contributed by atoms with E-state index in [0.29, 0.717) is 25.6 Å². The van der Waals surface area contributed by atoms with E-state index in [1.54, 1.807) is 13.8 Å². The first-order valence-corrected chi connectivity index (χ1v) is 9.91. The van der Waals surface area contributed by atoms with E-state index in [4.69, 9.17) is 16.3 Å². The second-order valence-corrected chi connectivity index (χ2v) is 8.96. The molecule has 1 fully saturated rings. The normalized spacial score (nSPS) is 16.0. The van der Waals surface area contributed by atoms with Gasteiger partial charge in [0.15, 0.2) is 0 Å². The van der Waals surface area contributed by atoms with Crippen LogP contribution in [-0.2, 0) is 11.3 Å². The van der Waals surface area contributed by atoms with E-state index in [0.717, 1.165) is 27.7 Å². The van der Waals surface area contributed by atoms with Crippen molar-refractivity contribution in [1.29, 1.82) is 0 Å². The zero-order valence-electron chi connectivity index (χ0n) is 15.0. The fourth-order valence-corrected chi connectivity index (χ4v) is 3.88. The minimum Gasteiger partial charge on any atom is -0.395 e. The van der Waals surface area contributed by atoms with Crippen molar-refractivity contribution < 1.29 is 14.6 Å². The molecule has 0 bridgehead atoms. The highest BCUT2D eigenvalue weighted by atomic mass is 35.5. The molecular formula is C18H24ClN3O3S. The molecule has 0 spiro atoms. The Morgan fingerprint density at radius 3 is 2.81 bits per heavy atom. The number of nitrogens with zero attached hydrogens (tertiary/aromatic N) is 2. The first-order valence-electron chi connectivity index (χ1n) is 8.72. The van der Waals surface area contributed by atoms with Crippen LogP contribution >= 0.6 is 22.9 Å². The maximum absolute atomic E-state index is 12.9. The number of thiophene rings is 1. The summed E-state index contributed by atoms with van der Waals surface area (Å²) in [5.41, 5.74) is -0.0103. The van der Waals surface area contributed by atoms with Crippen LogP contribution in [0.1, 0.15) is 48.0 Å². The standard InChI is InChI=1S/C18H24ClN3O3S/c1-18(2,11-23)17(24)22-16(20-10-13-3-4-15(19)26-13)9-14(21-22)12-5-7-25-8-6-12/h3-4,9,12,20,23H,5-8,10-11H2,1-2H3. The summed E-state index contributed by atoms with van der Waals surface area (Å²) in [5, 5.41) is 17.4. The first-order chi connectivity index (χ1) is 12.4. The minimum atomic E-state index is -0.901. The summed E-state index contributed by atoms with van der Waals surface area (Å²) in [6.07, 6.45) is 1.79. The Bertz CT molecular complexity index is 766. The molecule has 8 heteroatoms. The molecular weight excluding hydrogens is 374 g/mol. The van der Waals surface area contributed by atoms with Crippen LogP contribution in [0.2, 0.25) is 4.34 Å². The third kappa shape index (κ3) is 4.28. The zero-order valence-corrected chi connectivity index (χ0v) is 16.6. The van der Waals surface area contributed by atoms with Gasteiger partial charge in [-0.05, 0) is 38.8 Å². The van der Waals surface area contributed by atoms with Crippen molar-refractivity contribution in [1.82, 2.24) is 9.78 Å². The molecule has 1 aliphatic rings. The Balaban J connectivity index is 1.86. The maximum Gasteiger partial charge on any atom is 0.256 e. The van der Waals surface area contributed by atoms with Crippen molar-refractivity contribution in [3.63, 3.8) is 0 Å². The third-order valence-electron chi connectivity index (χ3n) is 4.61. The van der Waals surface area contributed by atoms with Gasteiger partial charge >= 0.3 is 0 Å². The van der Waals surface area contributed by atoms with Crippen LogP contribution in [0.3, 0.4) is 0 Å². The number of aromatic nitrogens is 2. The van der Waals surface area contributed by atoms with Crippen LogP contribution in [0, 0.1) is 5.41 Å². The molecule has 0 radical (unpaired) electrons. The number of carbonyl (C=O) groups excluding carboxylic acids is 1. The number of rotatable bonds is 6. The summed E-state index contributed by atoms with van der Waals surface area (Å²) in [4.78, 5) is 14.0. The molecule has 3 rings (SSSR count). The Morgan fingerprint density at radius 2 is 2.19 bits per heavy atom. The number of ether oxygens (including phenoxy) is 1. The van der Waals surface area contributed by atoms with E-state index >= 15 is 0 Å². The molecule has 1 saturated heterocycles. The van der Waals surface area contributed by atoms with Crippen molar-refractivity contribution in [2.24, 2.45) is 5.41 Å². The van der Waals surface area contributed by atoms with Crippen LogP contribution in [0.5, 0.6) is 0 Å².